The molecule has 40 heavy (non-hydrogen) atoms. The molecular formula is C29H22Cl2N4O4S. The van der Waals surface area contributed by atoms with E-state index in [0.717, 1.165) is 11.1 Å². The van der Waals surface area contributed by atoms with E-state index in [-0.39, 0.29) is 18.7 Å². The maximum atomic E-state index is 13.2. The normalized spacial score (nSPS) is 11.2. The number of carbonyl (C=O) groups is 1. The number of hydrogen-bond donors (Lipinski definition) is 1. The molecule has 8 nitrogen and oxygen atoms in total. The zero-order chi connectivity index (χ0) is 28.1. The van der Waals surface area contributed by atoms with Gasteiger partial charge in [-0.3, -0.25) is 14.2 Å². The van der Waals surface area contributed by atoms with E-state index in [4.69, 9.17) is 32.7 Å². The van der Waals surface area contributed by atoms with Crippen molar-refractivity contribution in [3.63, 3.8) is 0 Å². The minimum atomic E-state index is -0.473. The first kappa shape index (κ1) is 27.4. The molecule has 0 saturated heterocycles. The monoisotopic (exact) mass is 592 g/mol. The number of halogens is 2. The number of methoxy groups -OCH3 is 1. The van der Waals surface area contributed by atoms with Gasteiger partial charge in [-0.25, -0.2) is 10.4 Å². The van der Waals surface area contributed by atoms with Crippen molar-refractivity contribution in [2.45, 2.75) is 13.2 Å². The third-order valence-electron chi connectivity index (χ3n) is 5.98. The Balaban J connectivity index is 1.24. The van der Waals surface area contributed by atoms with Gasteiger partial charge in [-0.1, -0.05) is 59.6 Å². The van der Waals surface area contributed by atoms with Crippen LogP contribution in [0.15, 0.2) is 88.3 Å². The van der Waals surface area contributed by atoms with Crippen LogP contribution in [0.3, 0.4) is 0 Å². The number of fused-ring (bicyclic) bond motifs is 1. The van der Waals surface area contributed by atoms with E-state index in [2.05, 4.69) is 15.5 Å². The summed E-state index contributed by atoms with van der Waals surface area (Å²) in [6, 6.07) is 20.0. The molecule has 202 valence electrons. The molecule has 0 saturated carbocycles. The SMILES string of the molecule is COc1cc(/C=N\NC(=O)Cn2cnc3scc(-c4ccccc4)c3c2=O)ccc1OCc1c(Cl)cccc1Cl. The fourth-order valence-electron chi connectivity index (χ4n) is 3.98. The van der Waals surface area contributed by atoms with Crippen molar-refractivity contribution in [1.82, 2.24) is 15.0 Å². The summed E-state index contributed by atoms with van der Waals surface area (Å²) in [7, 11) is 1.52. The van der Waals surface area contributed by atoms with Crippen molar-refractivity contribution in [3.05, 3.63) is 110 Å². The van der Waals surface area contributed by atoms with Crippen molar-refractivity contribution in [1.29, 1.82) is 0 Å². The highest BCUT2D eigenvalue weighted by Gasteiger charge is 2.15. The molecule has 0 bridgehead atoms. The van der Waals surface area contributed by atoms with Gasteiger partial charge in [-0.05, 0) is 41.5 Å². The van der Waals surface area contributed by atoms with Gasteiger partial charge in [0.15, 0.2) is 11.5 Å². The number of ether oxygens (including phenoxy) is 2. The number of aromatic nitrogens is 2. The Hall–Kier alpha value is -4.18. The number of amides is 1. The predicted octanol–water partition coefficient (Wildman–Crippen LogP) is 6.17. The second-order valence-corrected chi connectivity index (χ2v) is 10.2. The minimum Gasteiger partial charge on any atom is -0.493 e. The van der Waals surface area contributed by atoms with Crippen LogP contribution in [0.1, 0.15) is 11.1 Å². The van der Waals surface area contributed by atoms with Gasteiger partial charge in [0.05, 0.1) is 25.0 Å². The smallest absolute Gasteiger partial charge is 0.263 e. The molecule has 3 aromatic carbocycles. The highest BCUT2D eigenvalue weighted by atomic mass is 35.5. The molecule has 0 aliphatic heterocycles. The second kappa shape index (κ2) is 12.3. The molecular weight excluding hydrogens is 571 g/mol. The fraction of sp³-hybridized carbons (Fsp3) is 0.103. The summed E-state index contributed by atoms with van der Waals surface area (Å²) in [5.74, 6) is 0.485. The first-order chi connectivity index (χ1) is 19.4. The predicted molar refractivity (Wildman–Crippen MR) is 159 cm³/mol. The first-order valence-corrected chi connectivity index (χ1v) is 13.7. The van der Waals surface area contributed by atoms with Gasteiger partial charge >= 0.3 is 0 Å². The van der Waals surface area contributed by atoms with Gasteiger partial charge in [0.1, 0.15) is 18.0 Å². The molecule has 0 spiro atoms. The third-order valence-corrected chi connectivity index (χ3v) is 7.58. The van der Waals surface area contributed by atoms with Crippen molar-refractivity contribution in [3.8, 4) is 22.6 Å². The van der Waals surface area contributed by atoms with Gasteiger partial charge in [0.2, 0.25) is 0 Å². The molecule has 0 fully saturated rings. The Morgan fingerprint density at radius 2 is 1.85 bits per heavy atom. The van der Waals surface area contributed by atoms with Crippen LogP contribution >= 0.6 is 34.5 Å². The number of carbonyl (C=O) groups excluding carboxylic acids is 1. The number of hydrogen-bond acceptors (Lipinski definition) is 7. The molecule has 2 heterocycles. The quantitative estimate of drug-likeness (QED) is 0.163. The summed E-state index contributed by atoms with van der Waals surface area (Å²) in [6.45, 7) is -0.0690. The fourth-order valence-corrected chi connectivity index (χ4v) is 5.40. The number of benzene rings is 3. The largest absolute Gasteiger partial charge is 0.493 e. The maximum Gasteiger partial charge on any atom is 0.263 e. The van der Waals surface area contributed by atoms with E-state index >= 15 is 0 Å². The Kier molecular flexibility index (Phi) is 8.45. The third kappa shape index (κ3) is 6.02. The van der Waals surface area contributed by atoms with Crippen molar-refractivity contribution in [2.75, 3.05) is 7.11 Å². The highest BCUT2D eigenvalue weighted by molar-refractivity contribution is 7.17. The standard InChI is InChI=1S/C29H22Cl2N4O4S/c1-38-25-12-18(10-11-24(25)39-15-20-22(30)8-5-9-23(20)31)13-33-34-26(36)14-35-17-32-28-27(29(35)37)21(16-40-28)19-6-3-2-4-7-19/h2-13,16-17H,14-15H2,1H3,(H,34,36)/b33-13-. The average molecular weight is 593 g/mol. The van der Waals surface area contributed by atoms with E-state index in [1.165, 1.54) is 35.6 Å². The number of rotatable bonds is 9. The molecule has 0 aliphatic rings. The van der Waals surface area contributed by atoms with Crippen LogP contribution in [0.4, 0.5) is 0 Å². The number of nitrogens with zero attached hydrogens (tertiary/aromatic N) is 3. The molecule has 0 unspecified atom stereocenters. The summed E-state index contributed by atoms with van der Waals surface area (Å²) in [4.78, 5) is 30.7. The van der Waals surface area contributed by atoms with Gasteiger partial charge in [0, 0.05) is 26.6 Å². The average Bonchev–Trinajstić information content (AvgIpc) is 3.40. The molecule has 1 N–H and O–H groups in total. The van der Waals surface area contributed by atoms with Crippen LogP contribution in [0.5, 0.6) is 11.5 Å². The van der Waals surface area contributed by atoms with E-state index in [9.17, 15) is 9.59 Å². The van der Waals surface area contributed by atoms with Gasteiger partial charge in [-0.2, -0.15) is 5.10 Å². The summed E-state index contributed by atoms with van der Waals surface area (Å²) >= 11 is 13.8. The maximum absolute atomic E-state index is 13.2. The first-order valence-electron chi connectivity index (χ1n) is 12.0. The zero-order valence-electron chi connectivity index (χ0n) is 21.1. The Morgan fingerprint density at radius 3 is 2.60 bits per heavy atom. The van der Waals surface area contributed by atoms with E-state index in [0.29, 0.717) is 42.9 Å². The van der Waals surface area contributed by atoms with Gasteiger partial charge in [-0.15, -0.1) is 11.3 Å². The van der Waals surface area contributed by atoms with Crippen LogP contribution in [0.2, 0.25) is 10.0 Å². The van der Waals surface area contributed by atoms with Crippen molar-refractivity contribution >= 4 is 56.9 Å². The van der Waals surface area contributed by atoms with Crippen molar-refractivity contribution in [2.24, 2.45) is 5.10 Å². The lowest BCUT2D eigenvalue weighted by atomic mass is 10.1. The Morgan fingerprint density at radius 1 is 1.07 bits per heavy atom. The molecule has 11 heteroatoms. The molecule has 5 aromatic rings. The lowest BCUT2D eigenvalue weighted by Gasteiger charge is -2.13. The van der Waals surface area contributed by atoms with Gasteiger partial charge < -0.3 is 9.47 Å². The van der Waals surface area contributed by atoms with E-state index in [1.807, 2.05) is 35.7 Å². The molecule has 0 radical (unpaired) electrons. The van der Waals surface area contributed by atoms with Crippen LogP contribution in [-0.4, -0.2) is 28.8 Å². The van der Waals surface area contributed by atoms with Gasteiger partial charge in [0.25, 0.3) is 11.5 Å². The number of nitrogens with one attached hydrogen (secondary N) is 1. The topological polar surface area (TPSA) is 94.8 Å². The lowest BCUT2D eigenvalue weighted by Crippen LogP contribution is -2.30. The highest BCUT2D eigenvalue weighted by Crippen LogP contribution is 2.32. The van der Waals surface area contributed by atoms with E-state index < -0.39 is 5.91 Å². The number of hydrazone groups is 1. The summed E-state index contributed by atoms with van der Waals surface area (Å²) in [5, 5.41) is 7.43. The Labute approximate surface area is 243 Å². The molecule has 2 aromatic heterocycles. The molecule has 1 amide bonds. The molecule has 5 rings (SSSR count). The van der Waals surface area contributed by atoms with Crippen molar-refractivity contribution < 1.29 is 14.3 Å². The zero-order valence-corrected chi connectivity index (χ0v) is 23.5. The molecule has 0 aliphatic carbocycles. The van der Waals surface area contributed by atoms with Crippen LogP contribution in [-0.2, 0) is 17.9 Å². The second-order valence-electron chi connectivity index (χ2n) is 8.57. The summed E-state index contributed by atoms with van der Waals surface area (Å²) in [5.41, 5.74) is 5.20. The Bertz CT molecular complexity index is 1750. The van der Waals surface area contributed by atoms with E-state index in [1.54, 1.807) is 36.4 Å². The lowest BCUT2D eigenvalue weighted by molar-refractivity contribution is -0.121. The summed E-state index contributed by atoms with van der Waals surface area (Å²) in [6.07, 6.45) is 2.84. The number of thiophene rings is 1. The van der Waals surface area contributed by atoms with Crippen LogP contribution in [0, 0.1) is 0 Å². The minimum absolute atomic E-state index is 0.163. The van der Waals surface area contributed by atoms with Crippen LogP contribution < -0.4 is 20.5 Å². The summed E-state index contributed by atoms with van der Waals surface area (Å²) < 4.78 is 12.6. The molecule has 0 atom stereocenters. The van der Waals surface area contributed by atoms with Crippen LogP contribution in [0.25, 0.3) is 21.3 Å².